The quantitative estimate of drug-likeness (QED) is 0.752. The molecule has 1 saturated heterocycles. The minimum atomic E-state index is -4.58. The number of hydrogen-bond acceptors (Lipinski definition) is 6. The molecule has 0 aliphatic carbocycles. The van der Waals surface area contributed by atoms with Crippen molar-refractivity contribution in [1.82, 2.24) is 19.9 Å². The molecule has 3 rings (SSSR count). The number of nitrogens with zero attached hydrogens (tertiary/aromatic N) is 4. The summed E-state index contributed by atoms with van der Waals surface area (Å²) in [5.74, 6) is 0.199. The lowest BCUT2D eigenvalue weighted by Crippen LogP contribution is -2.44. The maximum absolute atomic E-state index is 12.8. The average Bonchev–Trinajstić information content (AvgIpc) is 2.67. The average molecular weight is 410 g/mol. The highest BCUT2D eigenvalue weighted by Crippen LogP contribution is 2.28. The van der Waals surface area contributed by atoms with E-state index in [1.807, 2.05) is 13.8 Å². The van der Waals surface area contributed by atoms with E-state index in [1.54, 1.807) is 17.0 Å². The van der Waals surface area contributed by atoms with Crippen molar-refractivity contribution in [2.45, 2.75) is 45.1 Å². The summed E-state index contributed by atoms with van der Waals surface area (Å²) in [6.45, 7) is 4.50. The van der Waals surface area contributed by atoms with Crippen LogP contribution in [0.2, 0.25) is 0 Å². The molecule has 0 bridgehead atoms. The fraction of sp³-hybridized carbons (Fsp3) is 0.474. The van der Waals surface area contributed by atoms with Gasteiger partial charge in [0, 0.05) is 25.0 Å². The summed E-state index contributed by atoms with van der Waals surface area (Å²) in [6.07, 6.45) is -1.41. The van der Waals surface area contributed by atoms with Crippen molar-refractivity contribution in [3.8, 4) is 11.9 Å². The molecule has 2 aromatic heterocycles. The van der Waals surface area contributed by atoms with E-state index in [9.17, 15) is 18.0 Å². The molecule has 2 aromatic rings. The summed E-state index contributed by atoms with van der Waals surface area (Å²) in [7, 11) is 0. The van der Waals surface area contributed by atoms with E-state index >= 15 is 0 Å². The molecule has 1 fully saturated rings. The molecule has 10 heteroatoms. The van der Waals surface area contributed by atoms with Gasteiger partial charge in [-0.3, -0.25) is 4.79 Å². The maximum atomic E-state index is 12.8. The lowest BCUT2D eigenvalue weighted by Gasteiger charge is -2.32. The van der Waals surface area contributed by atoms with Crippen LogP contribution in [0.5, 0.6) is 11.9 Å². The van der Waals surface area contributed by atoms with Crippen LogP contribution in [-0.2, 0) is 6.18 Å². The normalized spacial score (nSPS) is 17.3. The lowest BCUT2D eigenvalue weighted by molar-refractivity contribution is -0.141. The highest BCUT2D eigenvalue weighted by molar-refractivity contribution is 5.94. The van der Waals surface area contributed by atoms with E-state index in [-0.39, 0.29) is 24.6 Å². The Kier molecular flexibility index (Phi) is 6.19. The molecule has 1 aliphatic rings. The maximum Gasteiger partial charge on any atom is 0.433 e. The van der Waals surface area contributed by atoms with Crippen LogP contribution < -0.4 is 9.47 Å². The van der Waals surface area contributed by atoms with Gasteiger partial charge in [-0.1, -0.05) is 0 Å². The van der Waals surface area contributed by atoms with E-state index in [1.165, 1.54) is 6.20 Å². The first-order valence-electron chi connectivity index (χ1n) is 9.21. The Labute approximate surface area is 165 Å². The Bertz CT molecular complexity index is 843. The molecule has 1 amide bonds. The number of ether oxygens (including phenoxy) is 2. The molecular formula is C19H21F3N4O3. The molecule has 3 heterocycles. The lowest BCUT2D eigenvalue weighted by atomic mass is 10.1. The molecule has 29 heavy (non-hydrogen) atoms. The molecule has 7 nitrogen and oxygen atoms in total. The zero-order chi connectivity index (χ0) is 21.0. The third kappa shape index (κ3) is 5.55. The summed E-state index contributed by atoms with van der Waals surface area (Å²) in [4.78, 5) is 25.6. The number of aromatic nitrogens is 3. The second kappa shape index (κ2) is 8.62. The number of rotatable bonds is 5. The number of carbonyl (C=O) groups is 1. The minimum Gasteiger partial charge on any atom is -0.475 e. The monoisotopic (exact) mass is 410 g/mol. The summed E-state index contributed by atoms with van der Waals surface area (Å²) in [5, 5.41) is 0. The summed E-state index contributed by atoms with van der Waals surface area (Å²) in [5.41, 5.74) is -0.668. The first-order chi connectivity index (χ1) is 13.7. The Hall–Kier alpha value is -2.91. The van der Waals surface area contributed by atoms with Crippen LogP contribution in [0.15, 0.2) is 30.6 Å². The van der Waals surface area contributed by atoms with Crippen molar-refractivity contribution >= 4 is 5.91 Å². The summed E-state index contributed by atoms with van der Waals surface area (Å²) < 4.78 is 49.3. The van der Waals surface area contributed by atoms with Crippen molar-refractivity contribution in [3.63, 3.8) is 0 Å². The Morgan fingerprint density at radius 1 is 1.24 bits per heavy atom. The molecule has 0 spiro atoms. The number of piperidine rings is 1. The van der Waals surface area contributed by atoms with Crippen molar-refractivity contribution in [2.75, 3.05) is 13.1 Å². The molecule has 0 saturated carbocycles. The number of pyridine rings is 1. The predicted octanol–water partition coefficient (Wildman–Crippen LogP) is 3.36. The van der Waals surface area contributed by atoms with E-state index in [0.29, 0.717) is 30.8 Å². The smallest absolute Gasteiger partial charge is 0.433 e. The second-order valence-corrected chi connectivity index (χ2v) is 6.91. The van der Waals surface area contributed by atoms with Crippen LogP contribution in [0.1, 0.15) is 42.7 Å². The van der Waals surface area contributed by atoms with Gasteiger partial charge >= 0.3 is 12.2 Å². The molecule has 1 atom stereocenters. The van der Waals surface area contributed by atoms with Gasteiger partial charge in [0.05, 0.1) is 18.2 Å². The van der Waals surface area contributed by atoms with Gasteiger partial charge in [0.15, 0.2) is 5.69 Å². The van der Waals surface area contributed by atoms with Gasteiger partial charge < -0.3 is 14.4 Å². The molecule has 0 N–H and O–H groups in total. The van der Waals surface area contributed by atoms with Crippen molar-refractivity contribution < 1.29 is 27.4 Å². The van der Waals surface area contributed by atoms with E-state index in [0.717, 1.165) is 12.3 Å². The third-order valence-electron chi connectivity index (χ3n) is 4.20. The molecule has 1 aliphatic heterocycles. The predicted molar refractivity (Wildman–Crippen MR) is 96.6 cm³/mol. The first-order valence-corrected chi connectivity index (χ1v) is 9.21. The highest BCUT2D eigenvalue weighted by Gasteiger charge is 2.33. The van der Waals surface area contributed by atoms with Crippen LogP contribution >= 0.6 is 0 Å². The third-order valence-corrected chi connectivity index (χ3v) is 4.20. The molecule has 0 aromatic carbocycles. The molecule has 0 radical (unpaired) electrons. The zero-order valence-electron chi connectivity index (χ0n) is 16.0. The number of carbonyl (C=O) groups excluding carboxylic acids is 1. The van der Waals surface area contributed by atoms with Gasteiger partial charge in [-0.25, -0.2) is 9.97 Å². The van der Waals surface area contributed by atoms with Crippen LogP contribution in [0, 0.1) is 0 Å². The SMILES string of the molecule is CC(C)Oc1ccc(C(=O)N2CCCC(Oc3nccc(C(F)(F)F)n3)C2)cn1. The van der Waals surface area contributed by atoms with Gasteiger partial charge in [-0.15, -0.1) is 0 Å². The van der Waals surface area contributed by atoms with Gasteiger partial charge in [-0.05, 0) is 38.8 Å². The van der Waals surface area contributed by atoms with Crippen LogP contribution in [-0.4, -0.2) is 51.1 Å². The molecular weight excluding hydrogens is 389 g/mol. The number of likely N-dealkylation sites (tertiary alicyclic amines) is 1. The zero-order valence-corrected chi connectivity index (χ0v) is 16.0. The Morgan fingerprint density at radius 2 is 2.03 bits per heavy atom. The fourth-order valence-corrected chi connectivity index (χ4v) is 2.92. The number of halogens is 3. The first kappa shape index (κ1) is 20.8. The topological polar surface area (TPSA) is 77.4 Å². The number of alkyl halides is 3. The Morgan fingerprint density at radius 3 is 2.69 bits per heavy atom. The van der Waals surface area contributed by atoms with Gasteiger partial charge in [0.2, 0.25) is 5.88 Å². The minimum absolute atomic E-state index is 0.0258. The van der Waals surface area contributed by atoms with Gasteiger partial charge in [0.25, 0.3) is 5.91 Å². The van der Waals surface area contributed by atoms with Crippen molar-refractivity contribution in [3.05, 3.63) is 41.9 Å². The molecule has 1 unspecified atom stereocenters. The van der Waals surface area contributed by atoms with Gasteiger partial charge in [-0.2, -0.15) is 18.2 Å². The molecule has 156 valence electrons. The van der Waals surface area contributed by atoms with E-state index in [2.05, 4.69) is 15.0 Å². The van der Waals surface area contributed by atoms with Crippen molar-refractivity contribution in [1.29, 1.82) is 0 Å². The second-order valence-electron chi connectivity index (χ2n) is 6.91. The standard InChI is InChI=1S/C19H21F3N4O3/c1-12(2)28-16-6-5-13(10-24-16)17(27)26-9-3-4-14(11-26)29-18-23-8-7-15(25-18)19(20,21)22/h5-8,10,12,14H,3-4,9,11H2,1-2H3. The Balaban J connectivity index is 1.64. The van der Waals surface area contributed by atoms with Crippen LogP contribution in [0.25, 0.3) is 0 Å². The van der Waals surface area contributed by atoms with E-state index in [4.69, 9.17) is 9.47 Å². The summed E-state index contributed by atoms with van der Waals surface area (Å²) >= 11 is 0. The number of amides is 1. The van der Waals surface area contributed by atoms with Crippen molar-refractivity contribution in [2.24, 2.45) is 0 Å². The largest absolute Gasteiger partial charge is 0.475 e. The van der Waals surface area contributed by atoms with Gasteiger partial charge in [0.1, 0.15) is 6.10 Å². The van der Waals surface area contributed by atoms with Crippen LogP contribution in [0.4, 0.5) is 13.2 Å². The number of hydrogen-bond donors (Lipinski definition) is 0. The fourth-order valence-electron chi connectivity index (χ4n) is 2.92. The summed E-state index contributed by atoms with van der Waals surface area (Å²) in [6, 6.07) is 3.69. The van der Waals surface area contributed by atoms with Crippen LogP contribution in [0.3, 0.4) is 0 Å². The highest BCUT2D eigenvalue weighted by atomic mass is 19.4. The van der Waals surface area contributed by atoms with E-state index < -0.39 is 18.0 Å².